The van der Waals surface area contributed by atoms with E-state index in [1.807, 2.05) is 0 Å². The Morgan fingerprint density at radius 3 is 1.17 bits per heavy atom. The zero-order valence-corrected chi connectivity index (χ0v) is 23.2. The van der Waals surface area contributed by atoms with E-state index in [-0.39, 0.29) is 0 Å². The first-order chi connectivity index (χ1) is 17.7. The minimum absolute atomic E-state index is 0.550. The molecular formula is C33H37NP2+2. The molecule has 4 aromatic carbocycles. The molecule has 0 aromatic heterocycles. The average molecular weight is 510 g/mol. The summed E-state index contributed by atoms with van der Waals surface area (Å²) in [5, 5.41) is 6.73. The van der Waals surface area contributed by atoms with Gasteiger partial charge in [-0.05, 0) is 71.7 Å². The maximum Gasteiger partial charge on any atom is 0.230 e. The molecule has 1 aliphatic heterocycles. The van der Waals surface area contributed by atoms with Crippen LogP contribution in [0.25, 0.3) is 0 Å². The Morgan fingerprint density at radius 2 is 0.833 bits per heavy atom. The Morgan fingerprint density at radius 1 is 0.500 bits per heavy atom. The average Bonchev–Trinajstić information content (AvgIpc) is 2.95. The molecule has 1 heterocycles. The second-order valence-electron chi connectivity index (χ2n) is 10.5. The molecule has 2 unspecified atom stereocenters. The Hall–Kier alpha value is -2.30. The maximum absolute atomic E-state index is 3.20. The Balaban J connectivity index is 1.70. The van der Waals surface area contributed by atoms with Crippen molar-refractivity contribution in [1.29, 1.82) is 0 Å². The Kier molecular flexibility index (Phi) is 6.60. The van der Waals surface area contributed by atoms with E-state index in [0.717, 1.165) is 0 Å². The van der Waals surface area contributed by atoms with Gasteiger partial charge < -0.3 is 0 Å². The van der Waals surface area contributed by atoms with Crippen LogP contribution in [0.1, 0.15) is 39.5 Å². The first-order valence-corrected chi connectivity index (χ1v) is 17.1. The van der Waals surface area contributed by atoms with E-state index >= 15 is 0 Å². The minimum atomic E-state index is -1.85. The lowest BCUT2D eigenvalue weighted by atomic mass is 9.87. The summed E-state index contributed by atoms with van der Waals surface area (Å²) in [7, 11) is -3.70. The lowest BCUT2D eigenvalue weighted by Gasteiger charge is -2.59. The summed E-state index contributed by atoms with van der Waals surface area (Å²) in [5.41, 5.74) is 0. The summed E-state index contributed by atoms with van der Waals surface area (Å²) in [6, 6.07) is 46.9. The number of rotatable bonds is 5. The first-order valence-electron chi connectivity index (χ1n) is 13.5. The predicted molar refractivity (Wildman–Crippen MR) is 161 cm³/mol. The molecule has 4 aromatic rings. The molecule has 2 fully saturated rings. The topological polar surface area (TPSA) is 3.24 Å². The molecule has 0 spiro atoms. The lowest BCUT2D eigenvalue weighted by molar-refractivity contribution is 0.253. The molecule has 1 saturated carbocycles. The van der Waals surface area contributed by atoms with E-state index in [4.69, 9.17) is 0 Å². The van der Waals surface area contributed by atoms with Gasteiger partial charge >= 0.3 is 0 Å². The van der Waals surface area contributed by atoms with Gasteiger partial charge in [0.25, 0.3) is 0 Å². The minimum Gasteiger partial charge on any atom is -0.0620 e. The summed E-state index contributed by atoms with van der Waals surface area (Å²) in [5.74, 6) is 0.699. The summed E-state index contributed by atoms with van der Waals surface area (Å²) >= 11 is 0. The van der Waals surface area contributed by atoms with Gasteiger partial charge in [-0.25, -0.2) is 0 Å². The van der Waals surface area contributed by atoms with Crippen molar-refractivity contribution >= 4 is 36.0 Å². The first kappa shape index (κ1) is 24.1. The fraction of sp³-hybridized carbons (Fsp3) is 0.273. The van der Waals surface area contributed by atoms with Gasteiger partial charge in [0.05, 0.1) is 6.04 Å². The van der Waals surface area contributed by atoms with Crippen LogP contribution in [-0.2, 0) is 0 Å². The van der Waals surface area contributed by atoms with Crippen LogP contribution in [-0.4, -0.2) is 15.9 Å². The van der Waals surface area contributed by atoms with E-state index in [9.17, 15) is 0 Å². The smallest absolute Gasteiger partial charge is 0.0620 e. The van der Waals surface area contributed by atoms with Gasteiger partial charge in [0.2, 0.25) is 20.2 Å². The normalized spacial score (nSPS) is 23.6. The van der Waals surface area contributed by atoms with Crippen molar-refractivity contribution in [3.05, 3.63) is 121 Å². The lowest BCUT2D eigenvalue weighted by Crippen LogP contribution is -2.63. The standard InChI is InChI=1S/C33H37NP2/c1-27-17-15-16-26-33(27)34-35(29-18-7-3-8-19-29,30-20-9-4-10-21-30)28(2)36(34,31-22-11-5-12-23-31)32-24-13-6-14-25-32/h3-14,18-25,27-28,33H,15-17,26H2,1-2H3/q+2. The SMILES string of the molecule is CC1CCCCC1N1[P+](c2ccccc2)(c2ccccc2)C(C)[P+]1(c1ccccc1)c1ccccc1. The van der Waals surface area contributed by atoms with Crippen molar-refractivity contribution in [3.8, 4) is 0 Å². The highest BCUT2D eigenvalue weighted by molar-refractivity contribution is 8.16. The van der Waals surface area contributed by atoms with Crippen molar-refractivity contribution < 1.29 is 0 Å². The van der Waals surface area contributed by atoms with Gasteiger partial charge in [0.1, 0.15) is 21.2 Å². The fourth-order valence-corrected chi connectivity index (χ4v) is 22.6. The molecule has 1 nitrogen and oxygen atoms in total. The summed E-state index contributed by atoms with van der Waals surface area (Å²) in [4.78, 5) is 0. The molecule has 3 heteroatoms. The van der Waals surface area contributed by atoms with Crippen LogP contribution >= 0.6 is 14.8 Å². The van der Waals surface area contributed by atoms with Gasteiger partial charge in [0.15, 0.2) is 0 Å². The summed E-state index contributed by atoms with van der Waals surface area (Å²) < 4.78 is 3.20. The van der Waals surface area contributed by atoms with Crippen LogP contribution in [0.15, 0.2) is 121 Å². The third kappa shape index (κ3) is 3.48. The van der Waals surface area contributed by atoms with Gasteiger partial charge in [-0.2, -0.15) is 0 Å². The molecule has 0 radical (unpaired) electrons. The number of benzene rings is 4. The van der Waals surface area contributed by atoms with Crippen LogP contribution in [0.2, 0.25) is 0 Å². The molecular weight excluding hydrogens is 472 g/mol. The zero-order chi connectivity index (χ0) is 24.6. The molecule has 36 heavy (non-hydrogen) atoms. The molecule has 2 atom stereocenters. The quantitative estimate of drug-likeness (QED) is 0.254. The monoisotopic (exact) mass is 509 g/mol. The summed E-state index contributed by atoms with van der Waals surface area (Å²) in [6.07, 6.45) is 5.35. The van der Waals surface area contributed by atoms with Crippen LogP contribution in [0.3, 0.4) is 0 Å². The zero-order valence-electron chi connectivity index (χ0n) is 21.4. The van der Waals surface area contributed by atoms with Crippen molar-refractivity contribution in [2.75, 3.05) is 0 Å². The van der Waals surface area contributed by atoms with Crippen molar-refractivity contribution in [2.24, 2.45) is 5.92 Å². The van der Waals surface area contributed by atoms with Crippen molar-refractivity contribution in [1.82, 2.24) is 4.44 Å². The van der Waals surface area contributed by atoms with E-state index in [0.29, 0.717) is 17.4 Å². The fourth-order valence-electron chi connectivity index (χ4n) is 7.12. The van der Waals surface area contributed by atoms with Gasteiger partial charge in [-0.3, -0.25) is 0 Å². The van der Waals surface area contributed by atoms with E-state index < -0.39 is 14.8 Å². The third-order valence-corrected chi connectivity index (χ3v) is 20.8. The molecule has 0 bridgehead atoms. The molecule has 1 saturated heterocycles. The van der Waals surface area contributed by atoms with Crippen LogP contribution < -0.4 is 21.2 Å². The van der Waals surface area contributed by atoms with Crippen LogP contribution in [0.4, 0.5) is 0 Å². The highest BCUT2D eigenvalue weighted by Crippen LogP contribution is 2.96. The Bertz CT molecular complexity index is 1110. The van der Waals surface area contributed by atoms with E-state index in [1.165, 1.54) is 25.7 Å². The van der Waals surface area contributed by atoms with Gasteiger partial charge in [0, 0.05) is 6.92 Å². The van der Waals surface area contributed by atoms with Crippen molar-refractivity contribution in [3.63, 3.8) is 0 Å². The highest BCUT2D eigenvalue weighted by atomic mass is 31.3. The van der Waals surface area contributed by atoms with Gasteiger partial charge in [-0.15, -0.1) is 0 Å². The molecule has 2 aliphatic rings. The second-order valence-corrected chi connectivity index (χ2v) is 18.4. The molecule has 182 valence electrons. The van der Waals surface area contributed by atoms with Crippen molar-refractivity contribution in [2.45, 2.75) is 51.0 Å². The third-order valence-electron chi connectivity index (χ3n) is 8.69. The number of nitrogens with zero attached hydrogens (tertiary/aromatic N) is 1. The molecule has 1 aliphatic carbocycles. The largest absolute Gasteiger partial charge is 0.230 e. The van der Waals surface area contributed by atoms with E-state index in [2.05, 4.69) is 140 Å². The van der Waals surface area contributed by atoms with Crippen LogP contribution in [0.5, 0.6) is 0 Å². The molecule has 0 amide bonds. The maximum atomic E-state index is 3.20. The van der Waals surface area contributed by atoms with Gasteiger partial charge in [-0.1, -0.05) is 92.6 Å². The summed E-state index contributed by atoms with van der Waals surface area (Å²) in [6.45, 7) is 5.13. The number of hydrogen-bond acceptors (Lipinski definition) is 1. The number of hydrogen-bond donors (Lipinski definition) is 0. The second kappa shape index (κ2) is 9.87. The molecule has 0 N–H and O–H groups in total. The highest BCUT2D eigenvalue weighted by Gasteiger charge is 2.87. The Labute approximate surface area is 218 Å². The van der Waals surface area contributed by atoms with E-state index in [1.54, 1.807) is 21.2 Å². The molecule has 6 rings (SSSR count). The predicted octanol–water partition coefficient (Wildman–Crippen LogP) is 7.39. The van der Waals surface area contributed by atoms with Crippen LogP contribution in [0, 0.1) is 5.92 Å².